The van der Waals surface area contributed by atoms with Gasteiger partial charge in [-0.05, 0) is 42.9 Å². The van der Waals surface area contributed by atoms with Gasteiger partial charge in [-0.3, -0.25) is 0 Å². The van der Waals surface area contributed by atoms with E-state index >= 15 is 0 Å². The molecule has 0 saturated heterocycles. The minimum Gasteiger partial charge on any atom is -0.326 e. The first kappa shape index (κ1) is 16.5. The second-order valence-corrected chi connectivity index (χ2v) is 7.72. The number of thioether (sulfide) groups is 1. The molecular weight excluding hydrogens is 346 g/mol. The molecular formula is C20H19N3S2. The molecule has 3 nitrogen and oxygen atoms in total. The smallest absolute Gasteiger partial charge is 0.190 e. The fourth-order valence-corrected chi connectivity index (χ4v) is 4.32. The van der Waals surface area contributed by atoms with E-state index in [1.165, 1.54) is 16.1 Å². The van der Waals surface area contributed by atoms with Crippen molar-refractivity contribution >= 4 is 35.0 Å². The van der Waals surface area contributed by atoms with E-state index in [4.69, 9.17) is 4.98 Å². The van der Waals surface area contributed by atoms with E-state index in [2.05, 4.69) is 64.5 Å². The molecule has 3 aromatic rings. The first-order valence-electron chi connectivity index (χ1n) is 8.35. The molecule has 1 aliphatic heterocycles. The van der Waals surface area contributed by atoms with Crippen molar-refractivity contribution < 1.29 is 0 Å². The van der Waals surface area contributed by atoms with Crippen molar-refractivity contribution in [3.63, 3.8) is 0 Å². The van der Waals surface area contributed by atoms with Crippen LogP contribution < -0.4 is 4.90 Å². The molecule has 5 heteroatoms. The second kappa shape index (κ2) is 7.50. The number of rotatable bonds is 4. The average molecular weight is 366 g/mol. The van der Waals surface area contributed by atoms with Crippen molar-refractivity contribution in [2.24, 2.45) is 0 Å². The summed E-state index contributed by atoms with van der Waals surface area (Å²) >= 11 is 3.28. The van der Waals surface area contributed by atoms with Crippen LogP contribution in [0.1, 0.15) is 12.0 Å². The van der Waals surface area contributed by atoms with Gasteiger partial charge < -0.3 is 4.90 Å². The lowest BCUT2D eigenvalue weighted by molar-refractivity contribution is 0.746. The van der Waals surface area contributed by atoms with Crippen molar-refractivity contribution in [1.82, 2.24) is 9.97 Å². The summed E-state index contributed by atoms with van der Waals surface area (Å²) in [6, 6.07) is 21.1. The molecule has 0 saturated carbocycles. The average Bonchev–Trinajstić information content (AvgIpc) is 2.68. The van der Waals surface area contributed by atoms with Gasteiger partial charge in [-0.1, -0.05) is 59.9 Å². The Morgan fingerprint density at radius 3 is 2.60 bits per heavy atom. The van der Waals surface area contributed by atoms with Crippen LogP contribution in [-0.4, -0.2) is 22.8 Å². The van der Waals surface area contributed by atoms with Crippen LogP contribution in [0.15, 0.2) is 75.7 Å². The predicted molar refractivity (Wildman–Crippen MR) is 106 cm³/mol. The van der Waals surface area contributed by atoms with Crippen molar-refractivity contribution in [2.45, 2.75) is 27.9 Å². The molecule has 0 aliphatic carbocycles. The summed E-state index contributed by atoms with van der Waals surface area (Å²) in [5.41, 5.74) is 2.67. The van der Waals surface area contributed by atoms with Crippen molar-refractivity contribution in [1.29, 1.82) is 0 Å². The molecule has 2 aromatic carbocycles. The minimum atomic E-state index is 0.819. The van der Waals surface area contributed by atoms with Gasteiger partial charge in [-0.2, -0.15) is 0 Å². The van der Waals surface area contributed by atoms with Crippen LogP contribution in [0.2, 0.25) is 0 Å². The summed E-state index contributed by atoms with van der Waals surface area (Å²) in [5, 5.41) is 1.81. The summed E-state index contributed by atoms with van der Waals surface area (Å²) in [7, 11) is 0. The van der Waals surface area contributed by atoms with Crippen LogP contribution in [0.25, 0.3) is 0 Å². The molecule has 0 fully saturated rings. The van der Waals surface area contributed by atoms with Crippen molar-refractivity contribution in [3.8, 4) is 0 Å². The number of aryl methyl sites for hydroxylation is 1. The van der Waals surface area contributed by atoms with E-state index < -0.39 is 0 Å². The lowest BCUT2D eigenvalue weighted by atomic mass is 10.0. The molecule has 25 heavy (non-hydrogen) atoms. The van der Waals surface area contributed by atoms with Gasteiger partial charge in [0.05, 0.1) is 0 Å². The van der Waals surface area contributed by atoms with Crippen molar-refractivity contribution in [3.05, 3.63) is 66.2 Å². The van der Waals surface area contributed by atoms with E-state index in [1.54, 1.807) is 23.5 Å². The zero-order chi connectivity index (χ0) is 17.1. The maximum Gasteiger partial charge on any atom is 0.190 e. The molecule has 0 N–H and O–H groups in total. The number of aromatic nitrogens is 2. The standard InChI is InChI=1S/C20H19N3S2/c1-24-20-21-18(14-19(22-20)25-16-10-3-2-4-11-16)23-13-7-9-15-8-5-6-12-17(15)23/h2-6,8,10-12,14H,7,9,13H2,1H3. The van der Waals surface area contributed by atoms with Gasteiger partial charge in [0.15, 0.2) is 5.16 Å². The van der Waals surface area contributed by atoms with Gasteiger partial charge >= 0.3 is 0 Å². The second-order valence-electron chi connectivity index (χ2n) is 5.85. The summed E-state index contributed by atoms with van der Waals surface area (Å²) in [6.45, 7) is 0.997. The van der Waals surface area contributed by atoms with Gasteiger partial charge in [0, 0.05) is 23.2 Å². The van der Waals surface area contributed by atoms with Crippen molar-refractivity contribution in [2.75, 3.05) is 17.7 Å². The first-order valence-corrected chi connectivity index (χ1v) is 10.4. The Balaban J connectivity index is 1.72. The quantitative estimate of drug-likeness (QED) is 0.349. The molecule has 4 rings (SSSR count). The van der Waals surface area contributed by atoms with Crippen LogP contribution in [0.3, 0.4) is 0 Å². The summed E-state index contributed by atoms with van der Waals surface area (Å²) < 4.78 is 0. The highest BCUT2D eigenvalue weighted by Crippen LogP contribution is 2.35. The van der Waals surface area contributed by atoms with E-state index in [9.17, 15) is 0 Å². The number of benzene rings is 2. The van der Waals surface area contributed by atoms with Crippen LogP contribution in [0.5, 0.6) is 0 Å². The third-order valence-electron chi connectivity index (χ3n) is 4.20. The Hall–Kier alpha value is -1.98. The largest absolute Gasteiger partial charge is 0.326 e. The maximum atomic E-state index is 4.78. The normalized spacial score (nSPS) is 13.6. The Bertz CT molecular complexity index is 868. The number of hydrogen-bond donors (Lipinski definition) is 0. The molecule has 0 amide bonds. The van der Waals surface area contributed by atoms with Crippen LogP contribution in [0.4, 0.5) is 11.5 Å². The summed E-state index contributed by atoms with van der Waals surface area (Å²) in [6.07, 6.45) is 4.32. The lowest BCUT2D eigenvalue weighted by Crippen LogP contribution is -2.25. The van der Waals surface area contributed by atoms with Gasteiger partial charge in [0.1, 0.15) is 10.8 Å². The van der Waals surface area contributed by atoms with E-state index in [0.717, 1.165) is 35.4 Å². The predicted octanol–water partition coefficient (Wildman–Crippen LogP) is 5.43. The molecule has 0 unspecified atom stereocenters. The zero-order valence-corrected chi connectivity index (χ0v) is 15.7. The molecule has 1 aliphatic rings. The van der Waals surface area contributed by atoms with Crippen LogP contribution in [0, 0.1) is 0 Å². The van der Waals surface area contributed by atoms with E-state index in [-0.39, 0.29) is 0 Å². The molecule has 2 heterocycles. The van der Waals surface area contributed by atoms with Crippen LogP contribution >= 0.6 is 23.5 Å². The Kier molecular flexibility index (Phi) is 4.95. The maximum absolute atomic E-state index is 4.78. The number of anilines is 2. The fraction of sp³-hybridized carbons (Fsp3) is 0.200. The minimum absolute atomic E-state index is 0.819. The van der Waals surface area contributed by atoms with E-state index in [0.29, 0.717) is 0 Å². The topological polar surface area (TPSA) is 29.0 Å². The Labute approximate surface area is 156 Å². The zero-order valence-electron chi connectivity index (χ0n) is 14.1. The number of para-hydroxylation sites is 1. The molecule has 0 atom stereocenters. The number of nitrogens with zero attached hydrogens (tertiary/aromatic N) is 3. The van der Waals surface area contributed by atoms with Crippen LogP contribution in [-0.2, 0) is 6.42 Å². The third kappa shape index (κ3) is 3.67. The Morgan fingerprint density at radius 1 is 0.960 bits per heavy atom. The lowest BCUT2D eigenvalue weighted by Gasteiger charge is -2.30. The highest BCUT2D eigenvalue weighted by molar-refractivity contribution is 7.99. The molecule has 126 valence electrons. The number of fused-ring (bicyclic) bond motifs is 1. The monoisotopic (exact) mass is 365 g/mol. The van der Waals surface area contributed by atoms with Gasteiger partial charge in [0.25, 0.3) is 0 Å². The van der Waals surface area contributed by atoms with Gasteiger partial charge in [-0.15, -0.1) is 0 Å². The Morgan fingerprint density at radius 2 is 1.76 bits per heavy atom. The number of hydrogen-bond acceptors (Lipinski definition) is 5. The van der Waals surface area contributed by atoms with E-state index in [1.807, 2.05) is 12.3 Å². The van der Waals surface area contributed by atoms with Gasteiger partial charge in [-0.25, -0.2) is 9.97 Å². The third-order valence-corrected chi connectivity index (χ3v) is 5.68. The molecule has 0 radical (unpaired) electrons. The molecule has 0 bridgehead atoms. The SMILES string of the molecule is CSc1nc(Sc2ccccc2)cc(N2CCCc3ccccc32)n1. The first-order chi connectivity index (χ1) is 12.3. The highest BCUT2D eigenvalue weighted by Gasteiger charge is 2.20. The molecule has 0 spiro atoms. The van der Waals surface area contributed by atoms with Gasteiger partial charge in [0.2, 0.25) is 0 Å². The summed E-state index contributed by atoms with van der Waals surface area (Å²) in [4.78, 5) is 13.0. The molecule has 1 aromatic heterocycles. The highest BCUT2D eigenvalue weighted by atomic mass is 32.2. The summed E-state index contributed by atoms with van der Waals surface area (Å²) in [5.74, 6) is 0.991. The fourth-order valence-electron chi connectivity index (χ4n) is 3.05.